The number of H-pyrrole nitrogens is 2. The molecule has 1 amide bonds. The lowest BCUT2D eigenvalue weighted by Gasteiger charge is -2.04. The lowest BCUT2D eigenvalue weighted by molar-refractivity contribution is -0.120. The number of hydrogen-bond donors (Lipinski definition) is 3. The summed E-state index contributed by atoms with van der Waals surface area (Å²) in [6.07, 6.45) is 0.695. The van der Waals surface area contributed by atoms with Crippen molar-refractivity contribution in [3.63, 3.8) is 0 Å². The number of ether oxygens (including phenoxy) is 1. The SMILES string of the molecule is COCCCNC(=O)Cc1cc(=O)[nH]c(=O)[nH]1. The monoisotopic (exact) mass is 241 g/mol. The van der Waals surface area contributed by atoms with Gasteiger partial charge in [-0.1, -0.05) is 0 Å². The first-order chi connectivity index (χ1) is 8.11. The second-order valence-electron chi connectivity index (χ2n) is 3.49. The molecule has 1 aromatic rings. The average Bonchev–Trinajstić information content (AvgIpc) is 2.23. The molecule has 94 valence electrons. The van der Waals surface area contributed by atoms with Crippen LogP contribution in [0.4, 0.5) is 0 Å². The zero-order valence-corrected chi connectivity index (χ0v) is 9.54. The topological polar surface area (TPSA) is 104 Å². The zero-order chi connectivity index (χ0) is 12.7. The van der Waals surface area contributed by atoms with Crippen molar-refractivity contribution in [2.45, 2.75) is 12.8 Å². The van der Waals surface area contributed by atoms with Gasteiger partial charge in [0.05, 0.1) is 6.42 Å². The fraction of sp³-hybridized carbons (Fsp3) is 0.500. The van der Waals surface area contributed by atoms with E-state index >= 15 is 0 Å². The van der Waals surface area contributed by atoms with Crippen LogP contribution in [-0.2, 0) is 16.0 Å². The molecule has 0 aliphatic rings. The summed E-state index contributed by atoms with van der Waals surface area (Å²) in [5, 5.41) is 2.65. The number of amides is 1. The molecule has 0 spiro atoms. The predicted octanol–water partition coefficient (Wildman–Crippen LogP) is -1.24. The van der Waals surface area contributed by atoms with Crippen LogP contribution in [-0.4, -0.2) is 36.1 Å². The molecule has 0 saturated heterocycles. The maximum absolute atomic E-state index is 11.4. The Morgan fingerprint density at radius 2 is 2.18 bits per heavy atom. The van der Waals surface area contributed by atoms with Crippen LogP contribution in [0, 0.1) is 0 Å². The van der Waals surface area contributed by atoms with E-state index in [1.807, 2.05) is 4.98 Å². The minimum Gasteiger partial charge on any atom is -0.385 e. The highest BCUT2D eigenvalue weighted by Crippen LogP contribution is 1.88. The molecule has 0 saturated carbocycles. The van der Waals surface area contributed by atoms with E-state index in [4.69, 9.17) is 4.74 Å². The molecule has 0 aromatic carbocycles. The Morgan fingerprint density at radius 3 is 2.82 bits per heavy atom. The summed E-state index contributed by atoms with van der Waals surface area (Å²) in [7, 11) is 1.59. The smallest absolute Gasteiger partial charge is 0.325 e. The van der Waals surface area contributed by atoms with Gasteiger partial charge in [-0.25, -0.2) is 4.79 Å². The van der Waals surface area contributed by atoms with E-state index < -0.39 is 11.2 Å². The lowest BCUT2D eigenvalue weighted by atomic mass is 10.3. The van der Waals surface area contributed by atoms with E-state index in [1.165, 1.54) is 6.07 Å². The number of carbonyl (C=O) groups is 1. The van der Waals surface area contributed by atoms with Crippen LogP contribution in [0.25, 0.3) is 0 Å². The first kappa shape index (κ1) is 13.2. The summed E-state index contributed by atoms with van der Waals surface area (Å²) in [6, 6.07) is 1.19. The lowest BCUT2D eigenvalue weighted by Crippen LogP contribution is -2.30. The van der Waals surface area contributed by atoms with Crippen LogP contribution >= 0.6 is 0 Å². The highest BCUT2D eigenvalue weighted by molar-refractivity contribution is 5.77. The molecule has 1 aromatic heterocycles. The largest absolute Gasteiger partial charge is 0.385 e. The summed E-state index contributed by atoms with van der Waals surface area (Å²) >= 11 is 0. The molecule has 1 rings (SSSR count). The fourth-order valence-electron chi connectivity index (χ4n) is 1.29. The second-order valence-corrected chi connectivity index (χ2v) is 3.49. The van der Waals surface area contributed by atoms with Gasteiger partial charge in [0, 0.05) is 32.0 Å². The van der Waals surface area contributed by atoms with Crippen LogP contribution in [0.3, 0.4) is 0 Å². The van der Waals surface area contributed by atoms with Crippen molar-refractivity contribution in [2.24, 2.45) is 0 Å². The van der Waals surface area contributed by atoms with Gasteiger partial charge < -0.3 is 15.0 Å². The van der Waals surface area contributed by atoms with Crippen LogP contribution in [0.15, 0.2) is 15.7 Å². The van der Waals surface area contributed by atoms with Gasteiger partial charge >= 0.3 is 5.69 Å². The van der Waals surface area contributed by atoms with Gasteiger partial charge in [0.25, 0.3) is 5.56 Å². The second kappa shape index (κ2) is 6.64. The van der Waals surface area contributed by atoms with E-state index in [2.05, 4.69) is 10.3 Å². The molecule has 3 N–H and O–H groups in total. The Labute approximate surface area is 97.2 Å². The molecule has 0 unspecified atom stereocenters. The molecular weight excluding hydrogens is 226 g/mol. The first-order valence-corrected chi connectivity index (χ1v) is 5.20. The number of nitrogens with one attached hydrogen (secondary N) is 3. The molecule has 0 aliphatic heterocycles. The van der Waals surface area contributed by atoms with Crippen molar-refractivity contribution in [3.8, 4) is 0 Å². The third-order valence-electron chi connectivity index (χ3n) is 2.01. The van der Waals surface area contributed by atoms with Crippen molar-refractivity contribution in [1.82, 2.24) is 15.3 Å². The number of aromatic amines is 2. The number of rotatable bonds is 6. The van der Waals surface area contributed by atoms with Gasteiger partial charge in [-0.15, -0.1) is 0 Å². The number of hydrogen-bond acceptors (Lipinski definition) is 4. The van der Waals surface area contributed by atoms with Gasteiger partial charge in [-0.2, -0.15) is 0 Å². The van der Waals surface area contributed by atoms with Gasteiger partial charge in [0.2, 0.25) is 5.91 Å². The number of carbonyl (C=O) groups excluding carboxylic acids is 1. The summed E-state index contributed by atoms with van der Waals surface area (Å²) < 4.78 is 4.83. The van der Waals surface area contributed by atoms with Crippen molar-refractivity contribution in [2.75, 3.05) is 20.3 Å². The molecule has 0 aliphatic carbocycles. The third-order valence-corrected chi connectivity index (χ3v) is 2.01. The summed E-state index contributed by atoms with van der Waals surface area (Å²) in [4.78, 5) is 37.7. The highest BCUT2D eigenvalue weighted by Gasteiger charge is 2.04. The average molecular weight is 241 g/mol. The fourth-order valence-corrected chi connectivity index (χ4v) is 1.29. The Morgan fingerprint density at radius 1 is 1.41 bits per heavy atom. The molecule has 0 atom stereocenters. The van der Waals surface area contributed by atoms with E-state index in [0.717, 1.165) is 0 Å². The summed E-state index contributed by atoms with van der Waals surface area (Å²) in [6.45, 7) is 1.07. The zero-order valence-electron chi connectivity index (χ0n) is 9.54. The van der Waals surface area contributed by atoms with Crippen LogP contribution in [0.2, 0.25) is 0 Å². The Hall–Kier alpha value is -1.89. The molecular formula is C10H15N3O4. The molecule has 7 heteroatoms. The first-order valence-electron chi connectivity index (χ1n) is 5.20. The molecule has 0 radical (unpaired) electrons. The van der Waals surface area contributed by atoms with Crippen LogP contribution in [0.5, 0.6) is 0 Å². The maximum atomic E-state index is 11.4. The number of aromatic nitrogens is 2. The van der Waals surface area contributed by atoms with E-state index in [9.17, 15) is 14.4 Å². The van der Waals surface area contributed by atoms with Gasteiger partial charge in [-0.05, 0) is 6.42 Å². The van der Waals surface area contributed by atoms with E-state index in [-0.39, 0.29) is 12.3 Å². The molecule has 7 nitrogen and oxygen atoms in total. The van der Waals surface area contributed by atoms with Gasteiger partial charge in [0.15, 0.2) is 0 Å². The Bertz CT molecular complexity index is 449. The highest BCUT2D eigenvalue weighted by atomic mass is 16.5. The third kappa shape index (κ3) is 5.12. The molecule has 0 fully saturated rings. The Balaban J connectivity index is 2.45. The van der Waals surface area contributed by atoms with E-state index in [0.29, 0.717) is 25.3 Å². The minimum absolute atomic E-state index is 0.0217. The van der Waals surface area contributed by atoms with Gasteiger partial charge in [0.1, 0.15) is 0 Å². The van der Waals surface area contributed by atoms with Crippen molar-refractivity contribution < 1.29 is 9.53 Å². The summed E-state index contributed by atoms with van der Waals surface area (Å²) in [5.74, 6) is -0.248. The van der Waals surface area contributed by atoms with Gasteiger partial charge in [-0.3, -0.25) is 14.6 Å². The van der Waals surface area contributed by atoms with Crippen LogP contribution < -0.4 is 16.6 Å². The summed E-state index contributed by atoms with van der Waals surface area (Å²) in [5.41, 5.74) is -0.835. The van der Waals surface area contributed by atoms with Crippen molar-refractivity contribution in [1.29, 1.82) is 0 Å². The number of methoxy groups -OCH3 is 1. The molecule has 1 heterocycles. The quantitative estimate of drug-likeness (QED) is 0.542. The molecule has 0 bridgehead atoms. The minimum atomic E-state index is -0.611. The van der Waals surface area contributed by atoms with E-state index in [1.54, 1.807) is 7.11 Å². The molecule has 17 heavy (non-hydrogen) atoms. The predicted molar refractivity (Wildman–Crippen MR) is 60.9 cm³/mol. The van der Waals surface area contributed by atoms with Crippen molar-refractivity contribution >= 4 is 5.91 Å². The standard InChI is InChI=1S/C10H15N3O4/c1-17-4-2-3-11-8(14)5-7-6-9(15)13-10(16)12-7/h6H,2-5H2,1H3,(H,11,14)(H2,12,13,15,16). The Kier molecular flexibility index (Phi) is 5.15. The van der Waals surface area contributed by atoms with Crippen molar-refractivity contribution in [3.05, 3.63) is 32.6 Å². The normalized spacial score (nSPS) is 10.2. The maximum Gasteiger partial charge on any atom is 0.325 e. The van der Waals surface area contributed by atoms with Crippen LogP contribution in [0.1, 0.15) is 12.1 Å².